The van der Waals surface area contributed by atoms with E-state index in [9.17, 15) is 4.79 Å². The molecule has 0 saturated carbocycles. The van der Waals surface area contributed by atoms with Crippen molar-refractivity contribution in [2.45, 2.75) is 0 Å². The van der Waals surface area contributed by atoms with E-state index < -0.39 is 0 Å². The fraction of sp³-hybridized carbons (Fsp3) is 0.500. The van der Waals surface area contributed by atoms with Crippen LogP contribution in [0.5, 0.6) is 0 Å². The summed E-state index contributed by atoms with van der Waals surface area (Å²) in [5, 5.41) is 14.5. The summed E-state index contributed by atoms with van der Waals surface area (Å²) < 4.78 is 0. The summed E-state index contributed by atoms with van der Waals surface area (Å²) in [5.41, 5.74) is 5.22. The Hall–Kier alpha value is -1.63. The van der Waals surface area contributed by atoms with Crippen molar-refractivity contribution in [3.8, 4) is 0 Å². The van der Waals surface area contributed by atoms with Crippen LogP contribution in [0.15, 0.2) is 0 Å². The van der Waals surface area contributed by atoms with Gasteiger partial charge in [-0.3, -0.25) is 9.89 Å². The average molecular weight is 185 g/mol. The van der Waals surface area contributed by atoms with E-state index in [1.54, 1.807) is 7.05 Å². The maximum atomic E-state index is 11.4. The second-order valence-corrected chi connectivity index (χ2v) is 2.49. The molecule has 7 heteroatoms. The molecular weight excluding hydrogens is 174 g/mol. The largest absolute Gasteiger partial charge is 0.395 e. The first-order valence-corrected chi connectivity index (χ1v) is 3.69. The van der Waals surface area contributed by atoms with E-state index in [4.69, 9.17) is 10.8 Å². The van der Waals surface area contributed by atoms with Crippen LogP contribution in [0.4, 0.5) is 5.95 Å². The first-order chi connectivity index (χ1) is 6.15. The van der Waals surface area contributed by atoms with Gasteiger partial charge in [-0.25, -0.2) is 0 Å². The highest BCUT2D eigenvalue weighted by atomic mass is 16.3. The molecule has 1 aromatic heterocycles. The predicted octanol–water partition coefficient (Wildman–Crippen LogP) is -1.55. The molecule has 4 N–H and O–H groups in total. The maximum absolute atomic E-state index is 11.4. The number of nitrogens with zero attached hydrogens (tertiary/aromatic N) is 3. The van der Waals surface area contributed by atoms with E-state index >= 15 is 0 Å². The first-order valence-electron chi connectivity index (χ1n) is 3.69. The number of hydrogen-bond donors (Lipinski definition) is 3. The molecule has 72 valence electrons. The second-order valence-electron chi connectivity index (χ2n) is 2.49. The van der Waals surface area contributed by atoms with Gasteiger partial charge in [0.05, 0.1) is 6.61 Å². The summed E-state index contributed by atoms with van der Waals surface area (Å²) in [6.45, 7) is 0.158. The van der Waals surface area contributed by atoms with Gasteiger partial charge in [-0.2, -0.15) is 4.98 Å². The molecule has 0 spiro atoms. The molecule has 1 heterocycles. The Bertz CT molecular complexity index is 297. The van der Waals surface area contributed by atoms with E-state index in [0.29, 0.717) is 0 Å². The normalized spacial score (nSPS) is 10.0. The van der Waals surface area contributed by atoms with Crippen molar-refractivity contribution >= 4 is 11.9 Å². The molecule has 0 saturated heterocycles. The summed E-state index contributed by atoms with van der Waals surface area (Å²) in [6.07, 6.45) is 0. The summed E-state index contributed by atoms with van der Waals surface area (Å²) >= 11 is 0. The molecule has 7 nitrogen and oxygen atoms in total. The molecule has 13 heavy (non-hydrogen) atoms. The monoisotopic (exact) mass is 185 g/mol. The highest BCUT2D eigenvalue weighted by Gasteiger charge is 2.14. The number of aromatic nitrogens is 3. The topological polar surface area (TPSA) is 108 Å². The maximum Gasteiger partial charge on any atom is 0.291 e. The third kappa shape index (κ3) is 2.15. The fourth-order valence-electron chi connectivity index (χ4n) is 0.803. The van der Waals surface area contributed by atoms with Gasteiger partial charge in [0.2, 0.25) is 11.8 Å². The van der Waals surface area contributed by atoms with Gasteiger partial charge in [0.15, 0.2) is 0 Å². The van der Waals surface area contributed by atoms with Crippen LogP contribution >= 0.6 is 0 Å². The van der Waals surface area contributed by atoms with Crippen LogP contribution in [0.1, 0.15) is 10.6 Å². The molecule has 1 amide bonds. The fourth-order valence-corrected chi connectivity index (χ4v) is 0.803. The zero-order chi connectivity index (χ0) is 9.84. The van der Waals surface area contributed by atoms with Crippen LogP contribution in [0.2, 0.25) is 0 Å². The van der Waals surface area contributed by atoms with Gasteiger partial charge < -0.3 is 15.7 Å². The number of carbonyl (C=O) groups is 1. The van der Waals surface area contributed by atoms with Gasteiger partial charge in [-0.15, -0.1) is 5.10 Å². The molecular formula is C6H11N5O2. The van der Waals surface area contributed by atoms with Crippen molar-refractivity contribution in [1.29, 1.82) is 0 Å². The number of carbonyl (C=O) groups excluding carboxylic acids is 1. The summed E-state index contributed by atoms with van der Waals surface area (Å²) in [5.74, 6) is -0.243. The highest BCUT2D eigenvalue weighted by molar-refractivity contribution is 5.90. The van der Waals surface area contributed by atoms with Gasteiger partial charge in [0, 0.05) is 13.6 Å². The van der Waals surface area contributed by atoms with Gasteiger partial charge in [0.1, 0.15) is 0 Å². The minimum absolute atomic E-state index is 0.0285. The van der Waals surface area contributed by atoms with Gasteiger partial charge in [-0.1, -0.05) is 0 Å². The number of nitrogens with two attached hydrogens (primary N) is 1. The number of likely N-dealkylation sites (N-methyl/N-ethyl adjacent to an activating group) is 1. The quantitative estimate of drug-likeness (QED) is 0.528. The van der Waals surface area contributed by atoms with Crippen molar-refractivity contribution in [1.82, 2.24) is 20.1 Å². The van der Waals surface area contributed by atoms with Crippen molar-refractivity contribution in [2.75, 3.05) is 25.9 Å². The van der Waals surface area contributed by atoms with Crippen LogP contribution in [0, 0.1) is 0 Å². The molecule has 0 fully saturated rings. The summed E-state index contributed by atoms with van der Waals surface area (Å²) in [7, 11) is 1.55. The van der Waals surface area contributed by atoms with E-state index in [-0.39, 0.29) is 30.8 Å². The highest BCUT2D eigenvalue weighted by Crippen LogP contribution is 1.97. The lowest BCUT2D eigenvalue weighted by Gasteiger charge is -2.12. The van der Waals surface area contributed by atoms with E-state index in [0.717, 1.165) is 0 Å². The SMILES string of the molecule is CN(CCO)C(=O)c1nc(N)n[nH]1. The van der Waals surface area contributed by atoms with Crippen LogP contribution < -0.4 is 5.73 Å². The van der Waals surface area contributed by atoms with E-state index in [2.05, 4.69) is 15.2 Å². The zero-order valence-corrected chi connectivity index (χ0v) is 7.19. The third-order valence-corrected chi connectivity index (χ3v) is 1.49. The number of aliphatic hydroxyl groups is 1. The number of hydrogen-bond acceptors (Lipinski definition) is 5. The molecule has 0 radical (unpaired) electrons. The van der Waals surface area contributed by atoms with Crippen LogP contribution in [0.3, 0.4) is 0 Å². The standard InChI is InChI=1S/C6H11N5O2/c1-11(2-3-12)5(13)4-8-6(7)10-9-4/h12H,2-3H2,1H3,(H3,7,8,9,10). The van der Waals surface area contributed by atoms with E-state index in [1.165, 1.54) is 4.90 Å². The number of nitrogen functional groups attached to an aromatic ring is 1. The Balaban J connectivity index is 2.67. The molecule has 0 aromatic carbocycles. The second kappa shape index (κ2) is 3.85. The molecule has 0 aliphatic rings. The van der Waals surface area contributed by atoms with Crippen molar-refractivity contribution in [3.63, 3.8) is 0 Å². The summed E-state index contributed by atoms with van der Waals surface area (Å²) in [4.78, 5) is 16.3. The number of aliphatic hydroxyl groups excluding tert-OH is 1. The van der Waals surface area contributed by atoms with Crippen LogP contribution in [0.25, 0.3) is 0 Å². The minimum atomic E-state index is -0.349. The molecule has 0 aliphatic heterocycles. The number of rotatable bonds is 3. The van der Waals surface area contributed by atoms with E-state index in [1.807, 2.05) is 0 Å². The number of aromatic amines is 1. The van der Waals surface area contributed by atoms with Gasteiger partial charge in [-0.05, 0) is 0 Å². The number of anilines is 1. The number of amides is 1. The molecule has 0 bridgehead atoms. The Labute approximate surface area is 74.6 Å². The Morgan fingerprint density at radius 1 is 1.77 bits per heavy atom. The predicted molar refractivity (Wildman–Crippen MR) is 44.8 cm³/mol. The zero-order valence-electron chi connectivity index (χ0n) is 7.19. The molecule has 1 rings (SSSR count). The third-order valence-electron chi connectivity index (χ3n) is 1.49. The van der Waals surface area contributed by atoms with Crippen molar-refractivity contribution < 1.29 is 9.90 Å². The molecule has 0 unspecified atom stereocenters. The number of nitrogens with one attached hydrogen (secondary N) is 1. The summed E-state index contributed by atoms with van der Waals surface area (Å²) in [6, 6.07) is 0. The lowest BCUT2D eigenvalue weighted by molar-refractivity contribution is 0.0755. The minimum Gasteiger partial charge on any atom is -0.395 e. The van der Waals surface area contributed by atoms with Crippen LogP contribution in [-0.4, -0.2) is 51.3 Å². The lowest BCUT2D eigenvalue weighted by atomic mass is 10.5. The van der Waals surface area contributed by atoms with Crippen LogP contribution in [-0.2, 0) is 0 Å². The van der Waals surface area contributed by atoms with Gasteiger partial charge in [0.25, 0.3) is 5.91 Å². The van der Waals surface area contributed by atoms with Gasteiger partial charge >= 0.3 is 0 Å². The molecule has 1 aromatic rings. The lowest BCUT2D eigenvalue weighted by Crippen LogP contribution is -2.30. The van der Waals surface area contributed by atoms with Crippen molar-refractivity contribution in [2.24, 2.45) is 0 Å². The van der Waals surface area contributed by atoms with Crippen molar-refractivity contribution in [3.05, 3.63) is 5.82 Å². The Kier molecular flexibility index (Phi) is 2.80. The molecule has 0 aliphatic carbocycles. The Morgan fingerprint density at radius 2 is 2.46 bits per heavy atom. The first kappa shape index (κ1) is 9.46. The average Bonchev–Trinajstić information content (AvgIpc) is 2.51. The Morgan fingerprint density at radius 3 is 2.92 bits per heavy atom. The smallest absolute Gasteiger partial charge is 0.291 e. The number of H-pyrrole nitrogens is 1. The molecule has 0 atom stereocenters.